The molecule has 0 radical (unpaired) electrons. The number of nitro groups is 1. The van der Waals surface area contributed by atoms with Crippen LogP contribution in [0.4, 0.5) is 11.4 Å². The summed E-state index contributed by atoms with van der Waals surface area (Å²) >= 11 is 0. The van der Waals surface area contributed by atoms with Gasteiger partial charge < -0.3 is 14.7 Å². The van der Waals surface area contributed by atoms with E-state index in [1.807, 2.05) is 4.90 Å². The fraction of sp³-hybridized carbons (Fsp3) is 0.455. The molecule has 0 aliphatic rings. The smallest absolute Gasteiger partial charge is 0.271 e. The van der Waals surface area contributed by atoms with E-state index in [0.717, 1.165) is 0 Å². The normalized spacial score (nSPS) is 10.2. The van der Waals surface area contributed by atoms with Crippen LogP contribution in [0, 0.1) is 10.1 Å². The average Bonchev–Trinajstić information content (AvgIpc) is 2.34. The van der Waals surface area contributed by atoms with Crippen molar-refractivity contribution in [3.05, 3.63) is 34.4 Å². The van der Waals surface area contributed by atoms with Crippen LogP contribution in [0.2, 0.25) is 0 Å². The Balaban J connectivity index is 2.84. The Labute approximate surface area is 99.6 Å². The molecular weight excluding hydrogens is 224 g/mol. The van der Waals surface area contributed by atoms with Crippen LogP contribution < -0.4 is 4.90 Å². The number of methoxy groups -OCH3 is 1. The quantitative estimate of drug-likeness (QED) is 0.569. The van der Waals surface area contributed by atoms with Crippen molar-refractivity contribution < 1.29 is 14.8 Å². The van der Waals surface area contributed by atoms with Crippen LogP contribution in [-0.2, 0) is 4.74 Å². The van der Waals surface area contributed by atoms with Gasteiger partial charge in [-0.25, -0.2) is 0 Å². The van der Waals surface area contributed by atoms with Gasteiger partial charge in [0, 0.05) is 38.0 Å². The maximum atomic E-state index is 10.7. The van der Waals surface area contributed by atoms with Crippen molar-refractivity contribution in [3.63, 3.8) is 0 Å². The van der Waals surface area contributed by atoms with Crippen LogP contribution in [-0.4, -0.2) is 43.4 Å². The second-order valence-electron chi connectivity index (χ2n) is 3.48. The molecule has 0 saturated carbocycles. The molecule has 0 aliphatic heterocycles. The molecule has 0 saturated heterocycles. The summed E-state index contributed by atoms with van der Waals surface area (Å²) in [6, 6.07) is 6.34. The molecule has 0 aliphatic carbocycles. The maximum absolute atomic E-state index is 10.7. The highest BCUT2D eigenvalue weighted by Gasteiger charge is 2.10. The second-order valence-corrected chi connectivity index (χ2v) is 3.48. The Morgan fingerprint density at radius 3 is 2.82 bits per heavy atom. The Kier molecular flexibility index (Phi) is 5.38. The molecule has 17 heavy (non-hydrogen) atoms. The number of rotatable bonds is 7. The first-order chi connectivity index (χ1) is 8.19. The zero-order valence-electron chi connectivity index (χ0n) is 9.70. The fourth-order valence-electron chi connectivity index (χ4n) is 1.50. The van der Waals surface area contributed by atoms with E-state index in [-0.39, 0.29) is 12.3 Å². The van der Waals surface area contributed by atoms with Crippen molar-refractivity contribution in [2.45, 2.75) is 0 Å². The molecule has 0 unspecified atom stereocenters. The van der Waals surface area contributed by atoms with Gasteiger partial charge in [0.2, 0.25) is 0 Å². The molecule has 6 heteroatoms. The topological polar surface area (TPSA) is 75.8 Å². The summed E-state index contributed by atoms with van der Waals surface area (Å²) in [7, 11) is 1.59. The van der Waals surface area contributed by atoms with Gasteiger partial charge in [-0.2, -0.15) is 0 Å². The van der Waals surface area contributed by atoms with Gasteiger partial charge in [0.05, 0.1) is 18.1 Å². The van der Waals surface area contributed by atoms with Crippen molar-refractivity contribution in [1.82, 2.24) is 0 Å². The van der Waals surface area contributed by atoms with E-state index in [4.69, 9.17) is 9.84 Å². The van der Waals surface area contributed by atoms with Crippen LogP contribution in [0.3, 0.4) is 0 Å². The third-order valence-electron chi connectivity index (χ3n) is 2.34. The van der Waals surface area contributed by atoms with E-state index in [1.54, 1.807) is 19.2 Å². The first-order valence-electron chi connectivity index (χ1n) is 5.28. The third-order valence-corrected chi connectivity index (χ3v) is 2.34. The number of ether oxygens (including phenoxy) is 1. The first kappa shape index (κ1) is 13.4. The number of non-ortho nitro benzene ring substituents is 1. The summed E-state index contributed by atoms with van der Waals surface area (Å²) in [4.78, 5) is 12.1. The Bertz CT molecular complexity index is 370. The molecular formula is C11H16N2O4. The third kappa shape index (κ3) is 4.01. The van der Waals surface area contributed by atoms with Crippen LogP contribution in [0.5, 0.6) is 0 Å². The standard InChI is InChI=1S/C11H16N2O4/c1-17-8-6-12(5-7-14)10-3-2-4-11(9-10)13(15)16/h2-4,9,14H,5-8H2,1H3. The molecule has 1 N–H and O–H groups in total. The minimum Gasteiger partial charge on any atom is -0.395 e. The zero-order chi connectivity index (χ0) is 12.7. The van der Waals surface area contributed by atoms with Gasteiger partial charge in [-0.15, -0.1) is 0 Å². The molecule has 1 aromatic carbocycles. The lowest BCUT2D eigenvalue weighted by atomic mass is 10.2. The fourth-order valence-corrected chi connectivity index (χ4v) is 1.50. The SMILES string of the molecule is COCCN(CCO)c1cccc([N+](=O)[O-])c1. The summed E-state index contributed by atoms with van der Waals surface area (Å²) in [5.41, 5.74) is 0.758. The van der Waals surface area contributed by atoms with Crippen LogP contribution >= 0.6 is 0 Å². The summed E-state index contributed by atoms with van der Waals surface area (Å²) < 4.78 is 4.96. The lowest BCUT2D eigenvalue weighted by Crippen LogP contribution is -2.30. The van der Waals surface area contributed by atoms with E-state index < -0.39 is 4.92 Å². The highest BCUT2D eigenvalue weighted by Crippen LogP contribution is 2.20. The van der Waals surface area contributed by atoms with Crippen LogP contribution in [0.1, 0.15) is 0 Å². The minimum atomic E-state index is -0.434. The number of hydrogen-bond acceptors (Lipinski definition) is 5. The Morgan fingerprint density at radius 1 is 1.47 bits per heavy atom. The number of aliphatic hydroxyl groups excluding tert-OH is 1. The van der Waals surface area contributed by atoms with Gasteiger partial charge in [0.15, 0.2) is 0 Å². The summed E-state index contributed by atoms with van der Waals surface area (Å²) in [6.07, 6.45) is 0. The maximum Gasteiger partial charge on any atom is 0.271 e. The molecule has 0 heterocycles. The largest absolute Gasteiger partial charge is 0.395 e. The Hall–Kier alpha value is -1.66. The number of aliphatic hydroxyl groups is 1. The molecule has 0 atom stereocenters. The van der Waals surface area contributed by atoms with E-state index in [2.05, 4.69) is 0 Å². The number of anilines is 1. The second kappa shape index (κ2) is 6.82. The summed E-state index contributed by atoms with van der Waals surface area (Å²) in [5, 5.41) is 19.6. The van der Waals surface area contributed by atoms with Gasteiger partial charge >= 0.3 is 0 Å². The van der Waals surface area contributed by atoms with Crippen molar-refractivity contribution in [3.8, 4) is 0 Å². The van der Waals surface area contributed by atoms with E-state index in [9.17, 15) is 10.1 Å². The molecule has 0 aromatic heterocycles. The van der Waals surface area contributed by atoms with Gasteiger partial charge in [-0.1, -0.05) is 6.07 Å². The monoisotopic (exact) mass is 240 g/mol. The Morgan fingerprint density at radius 2 is 2.24 bits per heavy atom. The van der Waals surface area contributed by atoms with Crippen LogP contribution in [0.25, 0.3) is 0 Å². The molecule has 1 rings (SSSR count). The number of nitro benzene ring substituents is 1. The average molecular weight is 240 g/mol. The zero-order valence-corrected chi connectivity index (χ0v) is 9.70. The molecule has 0 amide bonds. The van der Waals surface area contributed by atoms with Crippen molar-refractivity contribution in [1.29, 1.82) is 0 Å². The molecule has 94 valence electrons. The number of benzene rings is 1. The molecule has 6 nitrogen and oxygen atoms in total. The van der Waals surface area contributed by atoms with Gasteiger partial charge in [-0.3, -0.25) is 10.1 Å². The predicted octanol–water partition coefficient (Wildman–Crippen LogP) is 1.04. The van der Waals surface area contributed by atoms with E-state index in [0.29, 0.717) is 25.4 Å². The van der Waals surface area contributed by atoms with Crippen molar-refractivity contribution in [2.24, 2.45) is 0 Å². The minimum absolute atomic E-state index is 0.00753. The van der Waals surface area contributed by atoms with Crippen molar-refractivity contribution >= 4 is 11.4 Å². The van der Waals surface area contributed by atoms with E-state index >= 15 is 0 Å². The lowest BCUT2D eigenvalue weighted by Gasteiger charge is -2.23. The summed E-state index contributed by atoms with van der Waals surface area (Å²) in [5.74, 6) is 0. The molecule has 1 aromatic rings. The molecule has 0 fully saturated rings. The lowest BCUT2D eigenvalue weighted by molar-refractivity contribution is -0.384. The first-order valence-corrected chi connectivity index (χ1v) is 5.28. The predicted molar refractivity (Wildman–Crippen MR) is 64.3 cm³/mol. The van der Waals surface area contributed by atoms with Gasteiger partial charge in [0.1, 0.15) is 0 Å². The van der Waals surface area contributed by atoms with Gasteiger partial charge in [-0.05, 0) is 6.07 Å². The number of hydrogen-bond donors (Lipinski definition) is 1. The highest BCUT2D eigenvalue weighted by molar-refractivity contribution is 5.53. The number of nitrogens with zero attached hydrogens (tertiary/aromatic N) is 2. The van der Waals surface area contributed by atoms with E-state index in [1.165, 1.54) is 12.1 Å². The van der Waals surface area contributed by atoms with Crippen molar-refractivity contribution in [2.75, 3.05) is 38.3 Å². The van der Waals surface area contributed by atoms with Crippen LogP contribution in [0.15, 0.2) is 24.3 Å². The summed E-state index contributed by atoms with van der Waals surface area (Å²) in [6.45, 7) is 1.50. The molecule has 0 bridgehead atoms. The molecule has 0 spiro atoms. The highest BCUT2D eigenvalue weighted by atomic mass is 16.6. The van der Waals surface area contributed by atoms with Gasteiger partial charge in [0.25, 0.3) is 5.69 Å².